The maximum atomic E-state index is 14.0. The van der Waals surface area contributed by atoms with Crippen molar-refractivity contribution >= 4 is 59.2 Å². The summed E-state index contributed by atoms with van der Waals surface area (Å²) in [5, 5.41) is 27.7. The standard InChI is InChI=1S/C49H57N7O12/c1-4-27-65-46(61)50-26-10-9-13-41(55-45(60)42(29-34-11-7-6-8-12-34)56-43(58)33(3)51-47(62)66-28-5-2)44(59)52-38-22-16-36(17-23-38)31-67-49(64)54-40-24-18-37(19-25-40)32-68-48(63)53-39-20-14-35(30-57)15-21-39/h4-8,11-12,14-25,33,41-42,57H,1-2,9-10,13,26-32H2,3H3,(H,50,61)(H,51,62)(H,52,59)(H,53,63)(H,54,64)(H,55,60)(H,56,58)/t33-,41+,42+/m1/s1. The molecule has 0 bridgehead atoms. The van der Waals surface area contributed by atoms with Crippen molar-refractivity contribution in [2.75, 3.05) is 35.7 Å². The van der Waals surface area contributed by atoms with Gasteiger partial charge >= 0.3 is 24.4 Å². The summed E-state index contributed by atoms with van der Waals surface area (Å²) in [5.74, 6) is -1.89. The van der Waals surface area contributed by atoms with E-state index < -0.39 is 60.2 Å². The quantitative estimate of drug-likeness (QED) is 0.0210. The number of ether oxygens (including phenoxy) is 4. The number of hydrogen-bond donors (Lipinski definition) is 8. The number of rotatable bonds is 25. The van der Waals surface area contributed by atoms with Crippen LogP contribution in [-0.4, -0.2) is 85.1 Å². The number of carbonyl (C=O) groups excluding carboxylic acids is 7. The van der Waals surface area contributed by atoms with Gasteiger partial charge in [0, 0.05) is 30.0 Å². The molecule has 4 aromatic rings. The van der Waals surface area contributed by atoms with Gasteiger partial charge in [-0.05, 0) is 84.8 Å². The average Bonchev–Trinajstić information content (AvgIpc) is 3.34. The highest BCUT2D eigenvalue weighted by molar-refractivity contribution is 5.99. The molecule has 68 heavy (non-hydrogen) atoms. The molecule has 7 amide bonds. The summed E-state index contributed by atoms with van der Waals surface area (Å²) in [6, 6.07) is 25.4. The summed E-state index contributed by atoms with van der Waals surface area (Å²) < 4.78 is 20.5. The summed E-state index contributed by atoms with van der Waals surface area (Å²) in [6.45, 7) is 8.40. The minimum absolute atomic E-state index is 0.0175. The number of aliphatic hydroxyl groups excluding tert-OH is 1. The lowest BCUT2D eigenvalue weighted by Crippen LogP contribution is -2.56. The zero-order valence-electron chi connectivity index (χ0n) is 37.6. The molecular formula is C49H57N7O12. The van der Waals surface area contributed by atoms with Gasteiger partial charge in [0.1, 0.15) is 44.6 Å². The first-order chi connectivity index (χ1) is 32.8. The predicted octanol–water partition coefficient (Wildman–Crippen LogP) is 6.21. The Hall–Kier alpha value is -8.19. The molecule has 0 aliphatic rings. The SMILES string of the molecule is C=CCOC(=O)NCCCC[C@H](NC(=O)[C@H](Cc1ccccc1)NC(=O)[C@@H](C)NC(=O)OCC=C)C(=O)Nc1ccc(COC(=O)Nc2ccc(COC(=O)Nc3ccc(CO)cc3)cc2)cc1. The zero-order valence-corrected chi connectivity index (χ0v) is 37.6. The topological polar surface area (TPSA) is 261 Å². The fraction of sp³-hybridized carbons (Fsp3) is 0.286. The van der Waals surface area contributed by atoms with Crippen LogP contribution in [0.4, 0.5) is 36.2 Å². The number of hydrogen-bond acceptors (Lipinski definition) is 12. The lowest BCUT2D eigenvalue weighted by molar-refractivity contribution is -0.131. The van der Waals surface area contributed by atoms with Gasteiger partial charge in [0.05, 0.1) is 6.61 Å². The lowest BCUT2D eigenvalue weighted by Gasteiger charge is -2.25. The number of alkyl carbamates (subject to hydrolysis) is 2. The molecule has 19 nitrogen and oxygen atoms in total. The van der Waals surface area contributed by atoms with Crippen LogP contribution in [0.5, 0.6) is 0 Å². The van der Waals surface area contributed by atoms with Gasteiger partial charge in [0.2, 0.25) is 17.7 Å². The molecule has 0 spiro atoms. The molecule has 19 heteroatoms. The summed E-state index contributed by atoms with van der Waals surface area (Å²) in [7, 11) is 0. The van der Waals surface area contributed by atoms with E-state index in [1.54, 1.807) is 103 Å². The van der Waals surface area contributed by atoms with Crippen molar-refractivity contribution < 1.29 is 57.6 Å². The molecule has 0 aliphatic carbocycles. The van der Waals surface area contributed by atoms with Crippen molar-refractivity contribution in [2.24, 2.45) is 0 Å². The molecule has 0 saturated heterocycles. The maximum Gasteiger partial charge on any atom is 0.411 e. The number of aliphatic hydroxyl groups is 1. The Kier molecular flexibility index (Phi) is 22.1. The summed E-state index contributed by atoms with van der Waals surface area (Å²) in [4.78, 5) is 89.7. The van der Waals surface area contributed by atoms with Crippen molar-refractivity contribution in [3.8, 4) is 0 Å². The molecule has 0 radical (unpaired) electrons. The van der Waals surface area contributed by atoms with Crippen LogP contribution in [-0.2, 0) is 59.6 Å². The molecule has 4 aromatic carbocycles. The minimum atomic E-state index is -1.16. The number of nitrogens with one attached hydrogen (secondary N) is 7. The fourth-order valence-electron chi connectivity index (χ4n) is 6.06. The molecule has 3 atom stereocenters. The Morgan fingerprint density at radius 3 is 1.56 bits per heavy atom. The molecule has 360 valence electrons. The second kappa shape index (κ2) is 28.7. The van der Waals surface area contributed by atoms with E-state index in [1.807, 2.05) is 0 Å². The maximum absolute atomic E-state index is 14.0. The first-order valence-corrected chi connectivity index (χ1v) is 21.6. The molecule has 0 unspecified atom stereocenters. The highest BCUT2D eigenvalue weighted by atomic mass is 16.6. The number of anilines is 3. The van der Waals surface area contributed by atoms with Crippen molar-refractivity contribution in [1.29, 1.82) is 0 Å². The molecule has 0 heterocycles. The van der Waals surface area contributed by atoms with Gasteiger partial charge in [-0.2, -0.15) is 0 Å². The highest BCUT2D eigenvalue weighted by Crippen LogP contribution is 2.16. The van der Waals surface area contributed by atoms with E-state index >= 15 is 0 Å². The Labute approximate surface area is 394 Å². The average molecular weight is 936 g/mol. The van der Waals surface area contributed by atoms with Crippen LogP contribution in [0.3, 0.4) is 0 Å². The Morgan fingerprint density at radius 2 is 1.03 bits per heavy atom. The van der Waals surface area contributed by atoms with Gasteiger partial charge in [-0.1, -0.05) is 92.0 Å². The van der Waals surface area contributed by atoms with Gasteiger partial charge in [-0.25, -0.2) is 19.2 Å². The molecule has 0 fully saturated rings. The molecule has 4 rings (SSSR count). The van der Waals surface area contributed by atoms with Crippen LogP contribution >= 0.6 is 0 Å². The van der Waals surface area contributed by atoms with E-state index in [2.05, 4.69) is 50.4 Å². The summed E-state index contributed by atoms with van der Waals surface area (Å²) in [5.41, 5.74) is 4.05. The van der Waals surface area contributed by atoms with E-state index in [-0.39, 0.29) is 52.4 Å². The Morgan fingerprint density at radius 1 is 0.529 bits per heavy atom. The van der Waals surface area contributed by atoms with Gasteiger partial charge in [0.25, 0.3) is 0 Å². The van der Waals surface area contributed by atoms with Gasteiger partial charge in [-0.15, -0.1) is 0 Å². The van der Waals surface area contributed by atoms with Gasteiger partial charge < -0.3 is 50.6 Å². The predicted molar refractivity (Wildman–Crippen MR) is 253 cm³/mol. The van der Waals surface area contributed by atoms with Crippen LogP contribution in [0.25, 0.3) is 0 Å². The number of amides is 7. The third kappa shape index (κ3) is 19.5. The van der Waals surface area contributed by atoms with Crippen LogP contribution in [0.1, 0.15) is 48.4 Å². The number of benzene rings is 4. The zero-order chi connectivity index (χ0) is 49.1. The summed E-state index contributed by atoms with van der Waals surface area (Å²) >= 11 is 0. The fourth-order valence-corrected chi connectivity index (χ4v) is 6.06. The number of unbranched alkanes of at least 4 members (excludes halogenated alkanes) is 1. The van der Waals surface area contributed by atoms with Crippen molar-refractivity contribution in [3.05, 3.63) is 151 Å². The molecular weight excluding hydrogens is 879 g/mol. The minimum Gasteiger partial charge on any atom is -0.445 e. The lowest BCUT2D eigenvalue weighted by atomic mass is 10.0. The van der Waals surface area contributed by atoms with Crippen molar-refractivity contribution in [1.82, 2.24) is 21.3 Å². The monoisotopic (exact) mass is 935 g/mol. The second-order valence-electron chi connectivity index (χ2n) is 15.0. The van der Waals surface area contributed by atoms with Crippen molar-refractivity contribution in [2.45, 2.75) is 70.6 Å². The van der Waals surface area contributed by atoms with E-state index in [4.69, 9.17) is 24.1 Å². The normalized spacial score (nSPS) is 11.7. The number of carbonyl (C=O) groups is 7. The molecule has 0 saturated carbocycles. The summed E-state index contributed by atoms with van der Waals surface area (Å²) in [6.07, 6.45) is 0.997. The van der Waals surface area contributed by atoms with Gasteiger partial charge in [-0.3, -0.25) is 25.0 Å². The molecule has 0 aromatic heterocycles. The van der Waals surface area contributed by atoms with Gasteiger partial charge in [0.15, 0.2) is 0 Å². The largest absolute Gasteiger partial charge is 0.445 e. The van der Waals surface area contributed by atoms with Crippen LogP contribution in [0.2, 0.25) is 0 Å². The van der Waals surface area contributed by atoms with E-state index in [1.165, 1.54) is 19.1 Å². The third-order valence-electron chi connectivity index (χ3n) is 9.67. The van der Waals surface area contributed by atoms with Crippen LogP contribution in [0.15, 0.2) is 128 Å². The highest BCUT2D eigenvalue weighted by Gasteiger charge is 2.29. The smallest absolute Gasteiger partial charge is 0.411 e. The van der Waals surface area contributed by atoms with Crippen LogP contribution < -0.4 is 37.2 Å². The molecule has 0 aliphatic heterocycles. The molecule has 8 N–H and O–H groups in total. The first kappa shape index (κ1) is 52.4. The van der Waals surface area contributed by atoms with E-state index in [9.17, 15) is 33.6 Å². The van der Waals surface area contributed by atoms with E-state index in [0.29, 0.717) is 46.6 Å². The van der Waals surface area contributed by atoms with E-state index in [0.717, 1.165) is 5.56 Å². The third-order valence-corrected chi connectivity index (χ3v) is 9.67. The second-order valence-corrected chi connectivity index (χ2v) is 15.0. The van der Waals surface area contributed by atoms with Crippen molar-refractivity contribution in [3.63, 3.8) is 0 Å². The Bertz CT molecular complexity index is 2290. The van der Waals surface area contributed by atoms with Crippen LogP contribution in [0, 0.1) is 0 Å². The first-order valence-electron chi connectivity index (χ1n) is 21.6. The Balaban J connectivity index is 1.33.